The predicted molar refractivity (Wildman–Crippen MR) is 127 cm³/mol. The number of unbranched alkanes of at least 4 members (excludes halogenated alkanes) is 8. The molecular weight excluding hydrogens is 336 g/mol. The number of allylic oxidation sites excluding steroid dienone is 1. The van der Waals surface area contributed by atoms with E-state index in [1.807, 2.05) is 0 Å². The van der Waals surface area contributed by atoms with Gasteiger partial charge >= 0.3 is 0 Å². The van der Waals surface area contributed by atoms with Gasteiger partial charge < -0.3 is 0 Å². The third-order valence-electron chi connectivity index (χ3n) is 8.13. The van der Waals surface area contributed by atoms with Crippen molar-refractivity contribution < 1.29 is 0 Å². The molecule has 0 nitrogen and oxygen atoms in total. The van der Waals surface area contributed by atoms with Crippen molar-refractivity contribution in [3.8, 4) is 0 Å². The summed E-state index contributed by atoms with van der Waals surface area (Å²) in [6, 6.07) is 0. The lowest BCUT2D eigenvalue weighted by molar-refractivity contribution is 0.239. The fourth-order valence-corrected chi connectivity index (χ4v) is 5.95. The molecule has 0 heterocycles. The Kier molecular flexibility index (Phi) is 13.3. The zero-order valence-electron chi connectivity index (χ0n) is 19.4. The van der Waals surface area contributed by atoms with Crippen LogP contribution in [0.2, 0.25) is 0 Å². The summed E-state index contributed by atoms with van der Waals surface area (Å²) in [6.45, 7) is 6.29. The van der Waals surface area contributed by atoms with Crippen LogP contribution in [0.4, 0.5) is 0 Å². The molecule has 2 fully saturated rings. The van der Waals surface area contributed by atoms with E-state index in [0.29, 0.717) is 0 Å². The van der Waals surface area contributed by atoms with Crippen LogP contribution in [0.5, 0.6) is 0 Å². The van der Waals surface area contributed by atoms with Crippen molar-refractivity contribution in [2.24, 2.45) is 23.7 Å². The van der Waals surface area contributed by atoms with Gasteiger partial charge in [-0.1, -0.05) is 122 Å². The van der Waals surface area contributed by atoms with E-state index in [1.54, 1.807) is 25.7 Å². The molecule has 0 N–H and O–H groups in total. The summed E-state index contributed by atoms with van der Waals surface area (Å²) < 4.78 is 0. The van der Waals surface area contributed by atoms with Gasteiger partial charge in [-0.15, -0.1) is 6.58 Å². The first-order valence-corrected chi connectivity index (χ1v) is 13.4. The quantitative estimate of drug-likeness (QED) is 0.193. The van der Waals surface area contributed by atoms with E-state index in [-0.39, 0.29) is 0 Å². The molecule has 2 saturated carbocycles. The highest BCUT2D eigenvalue weighted by Gasteiger charge is 2.21. The standard InChI is InChI=1S/C28H52/c1-3-5-6-7-8-9-10-11-14-26-21-23-28(24-22-26)16-13-12-15-27-19-17-25(4-2)18-20-27/h4,25-28H,2-3,5-24H2,1H3. The van der Waals surface area contributed by atoms with E-state index in [1.165, 1.54) is 109 Å². The normalized spacial score (nSPS) is 28.3. The largest absolute Gasteiger partial charge is 0.103 e. The lowest BCUT2D eigenvalue weighted by Crippen LogP contribution is -2.15. The summed E-state index contributed by atoms with van der Waals surface area (Å²) in [7, 11) is 0. The van der Waals surface area contributed by atoms with Crippen LogP contribution in [-0.2, 0) is 0 Å². The van der Waals surface area contributed by atoms with Crippen LogP contribution in [0.3, 0.4) is 0 Å². The highest BCUT2D eigenvalue weighted by molar-refractivity contribution is 4.84. The molecule has 0 spiro atoms. The number of rotatable bonds is 15. The van der Waals surface area contributed by atoms with Crippen molar-refractivity contribution in [2.45, 2.75) is 142 Å². The molecule has 0 aliphatic heterocycles. The molecule has 0 aromatic carbocycles. The van der Waals surface area contributed by atoms with Crippen LogP contribution in [0.1, 0.15) is 142 Å². The summed E-state index contributed by atoms with van der Waals surface area (Å²) in [5.41, 5.74) is 0. The van der Waals surface area contributed by atoms with Crippen LogP contribution < -0.4 is 0 Å². The molecule has 0 bridgehead atoms. The average Bonchev–Trinajstić information content (AvgIpc) is 2.74. The third kappa shape index (κ3) is 10.5. The van der Waals surface area contributed by atoms with Crippen molar-refractivity contribution >= 4 is 0 Å². The van der Waals surface area contributed by atoms with Gasteiger partial charge in [0.25, 0.3) is 0 Å². The van der Waals surface area contributed by atoms with Gasteiger partial charge in [-0.3, -0.25) is 0 Å². The van der Waals surface area contributed by atoms with Crippen molar-refractivity contribution in [2.75, 3.05) is 0 Å². The molecule has 2 rings (SSSR count). The van der Waals surface area contributed by atoms with E-state index in [2.05, 4.69) is 19.6 Å². The Hall–Kier alpha value is -0.260. The first kappa shape index (κ1) is 24.0. The minimum atomic E-state index is 0.831. The van der Waals surface area contributed by atoms with E-state index < -0.39 is 0 Å². The Morgan fingerprint density at radius 3 is 1.32 bits per heavy atom. The Balaban J connectivity index is 1.38. The Morgan fingerprint density at radius 2 is 0.893 bits per heavy atom. The van der Waals surface area contributed by atoms with Crippen molar-refractivity contribution in [1.29, 1.82) is 0 Å². The lowest BCUT2D eigenvalue weighted by Gasteiger charge is -2.29. The van der Waals surface area contributed by atoms with Gasteiger partial charge in [-0.25, -0.2) is 0 Å². The monoisotopic (exact) mass is 388 g/mol. The molecule has 0 aromatic rings. The third-order valence-corrected chi connectivity index (χ3v) is 8.13. The van der Waals surface area contributed by atoms with Crippen LogP contribution in [-0.4, -0.2) is 0 Å². The molecule has 0 unspecified atom stereocenters. The maximum atomic E-state index is 3.98. The topological polar surface area (TPSA) is 0 Å². The van der Waals surface area contributed by atoms with E-state index in [9.17, 15) is 0 Å². The van der Waals surface area contributed by atoms with Gasteiger partial charge in [0.2, 0.25) is 0 Å². The molecule has 0 radical (unpaired) electrons. The maximum absolute atomic E-state index is 3.98. The van der Waals surface area contributed by atoms with E-state index >= 15 is 0 Å². The molecule has 0 saturated heterocycles. The molecule has 0 atom stereocenters. The minimum Gasteiger partial charge on any atom is -0.103 e. The molecule has 2 aliphatic rings. The Bertz CT molecular complexity index is 354. The van der Waals surface area contributed by atoms with Gasteiger partial charge in [0.15, 0.2) is 0 Å². The molecule has 0 heteroatoms. The zero-order chi connectivity index (χ0) is 19.9. The molecule has 0 aromatic heterocycles. The van der Waals surface area contributed by atoms with Gasteiger partial charge in [-0.2, -0.15) is 0 Å². The zero-order valence-corrected chi connectivity index (χ0v) is 19.4. The van der Waals surface area contributed by atoms with Gasteiger partial charge in [0.1, 0.15) is 0 Å². The lowest BCUT2D eigenvalue weighted by atomic mass is 9.77. The second-order valence-electron chi connectivity index (χ2n) is 10.5. The Morgan fingerprint density at radius 1 is 0.536 bits per heavy atom. The highest BCUT2D eigenvalue weighted by Crippen LogP contribution is 2.36. The van der Waals surface area contributed by atoms with Gasteiger partial charge in [0.05, 0.1) is 0 Å². The first-order valence-electron chi connectivity index (χ1n) is 13.4. The summed E-state index contributed by atoms with van der Waals surface area (Å²) in [6.07, 6.45) is 33.5. The number of hydrogen-bond donors (Lipinski definition) is 0. The summed E-state index contributed by atoms with van der Waals surface area (Å²) in [4.78, 5) is 0. The van der Waals surface area contributed by atoms with Crippen LogP contribution in [0.15, 0.2) is 12.7 Å². The summed E-state index contributed by atoms with van der Waals surface area (Å²) in [5, 5.41) is 0. The van der Waals surface area contributed by atoms with Gasteiger partial charge in [-0.05, 0) is 49.4 Å². The van der Waals surface area contributed by atoms with Crippen LogP contribution >= 0.6 is 0 Å². The first-order chi connectivity index (χ1) is 13.8. The average molecular weight is 389 g/mol. The Labute approximate surface area is 178 Å². The summed E-state index contributed by atoms with van der Waals surface area (Å²) >= 11 is 0. The minimum absolute atomic E-state index is 0.831. The molecular formula is C28H52. The molecule has 0 amide bonds. The highest BCUT2D eigenvalue weighted by atomic mass is 14.3. The SMILES string of the molecule is C=CC1CCC(CCCCC2CCC(CCCCCCCCCC)CC2)CC1. The molecule has 28 heavy (non-hydrogen) atoms. The van der Waals surface area contributed by atoms with Crippen molar-refractivity contribution in [3.05, 3.63) is 12.7 Å². The number of hydrogen-bond acceptors (Lipinski definition) is 0. The summed E-state index contributed by atoms with van der Waals surface area (Å²) in [5.74, 6) is 4.03. The second kappa shape index (κ2) is 15.6. The van der Waals surface area contributed by atoms with E-state index in [4.69, 9.17) is 0 Å². The fraction of sp³-hybridized carbons (Fsp3) is 0.929. The van der Waals surface area contributed by atoms with Crippen LogP contribution in [0, 0.1) is 23.7 Å². The smallest absolute Gasteiger partial charge is 0.0236 e. The molecule has 164 valence electrons. The fourth-order valence-electron chi connectivity index (χ4n) is 5.95. The predicted octanol–water partition coefficient (Wildman–Crippen LogP) is 9.88. The van der Waals surface area contributed by atoms with E-state index in [0.717, 1.165) is 23.7 Å². The van der Waals surface area contributed by atoms with Crippen molar-refractivity contribution in [3.63, 3.8) is 0 Å². The van der Waals surface area contributed by atoms with Crippen molar-refractivity contribution in [1.82, 2.24) is 0 Å². The van der Waals surface area contributed by atoms with Crippen LogP contribution in [0.25, 0.3) is 0 Å². The second-order valence-corrected chi connectivity index (χ2v) is 10.5. The molecule has 2 aliphatic carbocycles. The van der Waals surface area contributed by atoms with Gasteiger partial charge in [0, 0.05) is 0 Å². The maximum Gasteiger partial charge on any atom is -0.0236 e.